The van der Waals surface area contributed by atoms with Crippen LogP contribution in [-0.4, -0.2) is 18.2 Å². The molecule has 0 bridgehead atoms. The van der Waals surface area contributed by atoms with Crippen molar-refractivity contribution in [3.05, 3.63) is 80.2 Å². The Balaban J connectivity index is 1.57. The lowest BCUT2D eigenvalue weighted by Gasteiger charge is -2.36. The van der Waals surface area contributed by atoms with E-state index in [0.717, 1.165) is 52.8 Å². The average molecular weight is 537 g/mol. The summed E-state index contributed by atoms with van der Waals surface area (Å²) in [6.45, 7) is 4.84. The second-order valence-electron chi connectivity index (χ2n) is 9.30. The van der Waals surface area contributed by atoms with Crippen LogP contribution in [0.25, 0.3) is 0 Å². The molecule has 35 heavy (non-hydrogen) atoms. The molecule has 0 spiro atoms. The first-order valence-electron chi connectivity index (χ1n) is 12.3. The van der Waals surface area contributed by atoms with Gasteiger partial charge in [0.05, 0.1) is 11.1 Å². The van der Waals surface area contributed by atoms with Gasteiger partial charge in [-0.1, -0.05) is 29.8 Å². The zero-order chi connectivity index (χ0) is 24.5. The Kier molecular flexibility index (Phi) is 6.83. The predicted octanol–water partition coefficient (Wildman–Crippen LogP) is 6.86. The van der Waals surface area contributed by atoms with Gasteiger partial charge in [0.1, 0.15) is 18.1 Å². The Labute approximate surface area is 214 Å². The first-order chi connectivity index (χ1) is 17.0. The molecule has 2 aliphatic carbocycles. The topological polar surface area (TPSA) is 61.8 Å². The van der Waals surface area contributed by atoms with Crippen molar-refractivity contribution < 1.29 is 23.8 Å². The van der Waals surface area contributed by atoms with E-state index < -0.39 is 5.92 Å². The van der Waals surface area contributed by atoms with Gasteiger partial charge in [0.25, 0.3) is 0 Å². The fraction of sp³-hybridized carbons (Fsp3) is 0.379. The van der Waals surface area contributed by atoms with E-state index in [2.05, 4.69) is 35.0 Å². The molecule has 0 saturated carbocycles. The van der Waals surface area contributed by atoms with Gasteiger partial charge in [-0.2, -0.15) is 0 Å². The highest BCUT2D eigenvalue weighted by atomic mass is 79.9. The van der Waals surface area contributed by atoms with Crippen molar-refractivity contribution in [2.45, 2.75) is 64.9 Å². The lowest BCUT2D eigenvalue weighted by molar-refractivity contribution is -0.117. The molecule has 0 amide bonds. The van der Waals surface area contributed by atoms with Crippen molar-refractivity contribution in [1.82, 2.24) is 0 Å². The van der Waals surface area contributed by atoms with Gasteiger partial charge in [-0.25, -0.2) is 0 Å². The van der Waals surface area contributed by atoms with Gasteiger partial charge in [-0.15, -0.1) is 0 Å². The van der Waals surface area contributed by atoms with Crippen LogP contribution >= 0.6 is 15.9 Å². The van der Waals surface area contributed by atoms with Gasteiger partial charge in [0.15, 0.2) is 23.1 Å². The number of ether oxygens (including phenoxy) is 3. The van der Waals surface area contributed by atoms with E-state index in [4.69, 9.17) is 14.2 Å². The largest absolute Gasteiger partial charge is 0.490 e. The summed E-state index contributed by atoms with van der Waals surface area (Å²) < 4.78 is 19.1. The van der Waals surface area contributed by atoms with E-state index in [9.17, 15) is 9.59 Å². The second-order valence-corrected chi connectivity index (χ2v) is 10.2. The van der Waals surface area contributed by atoms with Crippen LogP contribution in [0.15, 0.2) is 63.5 Å². The Morgan fingerprint density at radius 2 is 1.63 bits per heavy atom. The normalized spacial score (nSPS) is 18.3. The van der Waals surface area contributed by atoms with Gasteiger partial charge in [-0.3, -0.25) is 9.59 Å². The van der Waals surface area contributed by atoms with E-state index >= 15 is 0 Å². The fourth-order valence-electron chi connectivity index (χ4n) is 5.27. The third-order valence-electron chi connectivity index (χ3n) is 6.77. The standard InChI is InChI=1S/C29H29BrO5/c1-3-33-25-15-19(14-20(30)29(25)34-16-18-8-4-7-17(2)13-18)26-27-21(31)9-5-11-23(27)35-24-12-6-10-22(32)28(24)26/h4,7-8,13-15,26H,3,5-6,9-12,16H2,1-2H3. The monoisotopic (exact) mass is 536 g/mol. The van der Waals surface area contributed by atoms with E-state index in [1.807, 2.05) is 31.2 Å². The smallest absolute Gasteiger partial charge is 0.175 e. The number of Topliss-reactive ketones (excluding diaryl/α,β-unsaturated/α-hetero) is 2. The van der Waals surface area contributed by atoms with Crippen molar-refractivity contribution in [1.29, 1.82) is 0 Å². The highest BCUT2D eigenvalue weighted by molar-refractivity contribution is 9.10. The van der Waals surface area contributed by atoms with Crippen LogP contribution in [0.1, 0.15) is 68.1 Å². The molecule has 1 heterocycles. The van der Waals surface area contributed by atoms with Crippen LogP contribution in [-0.2, 0) is 20.9 Å². The van der Waals surface area contributed by atoms with E-state index in [1.54, 1.807) is 0 Å². The van der Waals surface area contributed by atoms with Crippen LogP contribution in [0, 0.1) is 6.92 Å². The van der Waals surface area contributed by atoms with Crippen LogP contribution < -0.4 is 9.47 Å². The summed E-state index contributed by atoms with van der Waals surface area (Å²) >= 11 is 3.69. The molecule has 0 unspecified atom stereocenters. The van der Waals surface area contributed by atoms with Gasteiger partial charge in [-0.05, 0) is 65.9 Å². The summed E-state index contributed by atoms with van der Waals surface area (Å²) in [4.78, 5) is 26.2. The predicted molar refractivity (Wildman–Crippen MR) is 136 cm³/mol. The maximum Gasteiger partial charge on any atom is 0.175 e. The Bertz CT molecular complexity index is 1210. The van der Waals surface area contributed by atoms with E-state index in [1.165, 1.54) is 5.56 Å². The maximum atomic E-state index is 13.1. The number of benzene rings is 2. The van der Waals surface area contributed by atoms with Gasteiger partial charge >= 0.3 is 0 Å². The van der Waals surface area contributed by atoms with E-state index in [0.29, 0.717) is 48.7 Å². The Morgan fingerprint density at radius 1 is 0.943 bits per heavy atom. The molecular formula is C29H29BrO5. The molecule has 0 aromatic heterocycles. The van der Waals surface area contributed by atoms with Crippen molar-refractivity contribution in [3.8, 4) is 11.5 Å². The molecule has 3 aliphatic rings. The number of carbonyl (C=O) groups excluding carboxylic acids is 2. The number of hydrogen-bond donors (Lipinski definition) is 0. The van der Waals surface area contributed by atoms with Crippen LogP contribution in [0.4, 0.5) is 0 Å². The summed E-state index contributed by atoms with van der Waals surface area (Å²) in [6, 6.07) is 12.1. The molecule has 1 aliphatic heterocycles. The van der Waals surface area contributed by atoms with Gasteiger partial charge in [0, 0.05) is 42.7 Å². The summed E-state index contributed by atoms with van der Waals surface area (Å²) in [5.74, 6) is 2.35. The maximum absolute atomic E-state index is 13.1. The summed E-state index contributed by atoms with van der Waals surface area (Å²) in [6.07, 6.45) is 3.96. The second kappa shape index (κ2) is 10.0. The van der Waals surface area contributed by atoms with Crippen LogP contribution in [0.5, 0.6) is 11.5 Å². The van der Waals surface area contributed by atoms with Gasteiger partial charge in [0.2, 0.25) is 0 Å². The first kappa shape index (κ1) is 23.9. The molecular weight excluding hydrogens is 508 g/mol. The molecule has 0 N–H and O–H groups in total. The average Bonchev–Trinajstić information content (AvgIpc) is 2.83. The summed E-state index contributed by atoms with van der Waals surface area (Å²) in [5, 5.41) is 0. The molecule has 0 saturated heterocycles. The minimum atomic E-state index is -0.435. The third-order valence-corrected chi connectivity index (χ3v) is 7.36. The number of halogens is 1. The lowest BCUT2D eigenvalue weighted by Crippen LogP contribution is -2.30. The summed E-state index contributed by atoms with van der Waals surface area (Å²) in [7, 11) is 0. The molecule has 0 fully saturated rings. The first-order valence-corrected chi connectivity index (χ1v) is 13.1. The quantitative estimate of drug-likeness (QED) is 0.403. The van der Waals surface area contributed by atoms with Crippen molar-refractivity contribution >= 4 is 27.5 Å². The van der Waals surface area contributed by atoms with Crippen LogP contribution in [0.2, 0.25) is 0 Å². The van der Waals surface area contributed by atoms with Crippen LogP contribution in [0.3, 0.4) is 0 Å². The minimum Gasteiger partial charge on any atom is -0.490 e. The van der Waals surface area contributed by atoms with E-state index in [-0.39, 0.29) is 11.6 Å². The number of allylic oxidation sites excluding steroid dienone is 4. The lowest BCUT2D eigenvalue weighted by atomic mass is 9.73. The van der Waals surface area contributed by atoms with Crippen molar-refractivity contribution in [2.24, 2.45) is 0 Å². The number of rotatable bonds is 6. The molecule has 2 aromatic carbocycles. The Morgan fingerprint density at radius 3 is 2.26 bits per heavy atom. The summed E-state index contributed by atoms with van der Waals surface area (Å²) in [5.41, 5.74) is 4.35. The Hall–Kier alpha value is -2.86. The number of aryl methyl sites for hydroxylation is 1. The third kappa shape index (κ3) is 4.68. The molecule has 182 valence electrons. The minimum absolute atomic E-state index is 0.0648. The highest BCUT2D eigenvalue weighted by Gasteiger charge is 2.42. The molecule has 5 nitrogen and oxygen atoms in total. The van der Waals surface area contributed by atoms with Crippen molar-refractivity contribution in [3.63, 3.8) is 0 Å². The number of carbonyl (C=O) groups is 2. The molecule has 5 rings (SSSR count). The molecule has 0 atom stereocenters. The highest BCUT2D eigenvalue weighted by Crippen LogP contribution is 2.50. The fourth-order valence-corrected chi connectivity index (χ4v) is 5.84. The molecule has 2 aromatic rings. The molecule has 0 radical (unpaired) electrons. The number of hydrogen-bond acceptors (Lipinski definition) is 5. The molecule has 6 heteroatoms. The number of ketones is 2. The zero-order valence-corrected chi connectivity index (χ0v) is 21.7. The van der Waals surface area contributed by atoms with Gasteiger partial charge < -0.3 is 14.2 Å². The van der Waals surface area contributed by atoms with Crippen molar-refractivity contribution in [2.75, 3.05) is 6.61 Å². The zero-order valence-electron chi connectivity index (χ0n) is 20.1. The SMILES string of the molecule is CCOc1cc(C2C3=C(CCCC3=O)OC3=C2C(=O)CCC3)cc(Br)c1OCc1cccc(C)c1.